The molecule has 5 rings (SSSR count). The van der Waals surface area contributed by atoms with E-state index in [0.29, 0.717) is 12.2 Å². The fraction of sp³-hybridized carbons (Fsp3) is 0.391. The van der Waals surface area contributed by atoms with E-state index in [0.717, 1.165) is 25.1 Å². The number of hydrogen-bond acceptors (Lipinski definition) is 6. The van der Waals surface area contributed by atoms with Crippen LogP contribution in [0.5, 0.6) is 0 Å². The quantitative estimate of drug-likeness (QED) is 0.541. The summed E-state index contributed by atoms with van der Waals surface area (Å²) in [7, 11) is 0. The molecule has 8 heteroatoms. The van der Waals surface area contributed by atoms with Crippen molar-refractivity contribution in [2.24, 2.45) is 0 Å². The Balaban J connectivity index is 1.17. The average molecular weight is 422 g/mol. The van der Waals surface area contributed by atoms with E-state index in [2.05, 4.69) is 33.4 Å². The summed E-state index contributed by atoms with van der Waals surface area (Å²) in [6.45, 7) is 2.90. The Morgan fingerprint density at radius 3 is 2.77 bits per heavy atom. The number of nitrogens with one attached hydrogen (secondary N) is 1. The van der Waals surface area contributed by atoms with Crippen molar-refractivity contribution in [1.29, 1.82) is 0 Å². The fourth-order valence-corrected chi connectivity index (χ4v) is 4.21. The van der Waals surface area contributed by atoms with Crippen LogP contribution in [-0.2, 0) is 23.3 Å². The van der Waals surface area contributed by atoms with Gasteiger partial charge in [-0.1, -0.05) is 30.3 Å². The molecule has 2 aromatic heterocycles. The summed E-state index contributed by atoms with van der Waals surface area (Å²) in [4.78, 5) is 19.1. The molecule has 4 heterocycles. The normalized spacial score (nSPS) is 18.9. The number of rotatable bonds is 6. The third-order valence-corrected chi connectivity index (χ3v) is 6.08. The summed E-state index contributed by atoms with van der Waals surface area (Å²) in [6, 6.07) is 11.9. The van der Waals surface area contributed by atoms with Crippen LogP contribution in [0.15, 0.2) is 48.8 Å². The molecule has 8 nitrogen and oxygen atoms in total. The van der Waals surface area contributed by atoms with Crippen LogP contribution in [0.4, 0.5) is 0 Å². The Morgan fingerprint density at radius 1 is 1.19 bits per heavy atom. The molecule has 1 amide bonds. The number of pyridine rings is 1. The lowest BCUT2D eigenvalue weighted by Crippen LogP contribution is -2.46. The molecule has 1 fully saturated rings. The summed E-state index contributed by atoms with van der Waals surface area (Å²) in [5.41, 5.74) is 3.31. The Morgan fingerprint density at radius 2 is 2.00 bits per heavy atom. The van der Waals surface area contributed by atoms with Crippen LogP contribution in [0.1, 0.15) is 27.2 Å². The third kappa shape index (κ3) is 4.07. The van der Waals surface area contributed by atoms with Gasteiger partial charge in [0.05, 0.1) is 19.3 Å². The number of carbonyl (C=O) groups is 1. The molecule has 0 bridgehead atoms. The SMILES string of the molecule is O=C(NCC(O)CN1CCc2ccccc2C1)c1cn2cc(C3(O)COC3)ccc2n1. The second-order valence-corrected chi connectivity index (χ2v) is 8.45. The van der Waals surface area contributed by atoms with Crippen LogP contribution in [0.2, 0.25) is 0 Å². The molecular weight excluding hydrogens is 396 g/mol. The first-order chi connectivity index (χ1) is 15.0. The monoisotopic (exact) mass is 422 g/mol. The Hall–Kier alpha value is -2.78. The molecule has 1 aromatic carbocycles. The second-order valence-electron chi connectivity index (χ2n) is 8.45. The highest BCUT2D eigenvalue weighted by Crippen LogP contribution is 2.29. The summed E-state index contributed by atoms with van der Waals surface area (Å²) in [5.74, 6) is -0.334. The minimum absolute atomic E-state index is 0.160. The highest BCUT2D eigenvalue weighted by molar-refractivity contribution is 5.92. The number of aromatic nitrogens is 2. The van der Waals surface area contributed by atoms with E-state index in [1.54, 1.807) is 28.9 Å². The highest BCUT2D eigenvalue weighted by atomic mass is 16.5. The second kappa shape index (κ2) is 8.05. The topological polar surface area (TPSA) is 99.3 Å². The molecule has 1 saturated heterocycles. The smallest absolute Gasteiger partial charge is 0.271 e. The zero-order valence-electron chi connectivity index (χ0n) is 17.2. The van der Waals surface area contributed by atoms with Crippen molar-refractivity contribution in [2.45, 2.75) is 24.7 Å². The number of hydrogen-bond donors (Lipinski definition) is 3. The summed E-state index contributed by atoms with van der Waals surface area (Å²) < 4.78 is 6.83. The number of carbonyl (C=O) groups excluding carboxylic acids is 1. The number of imidazole rings is 1. The molecule has 1 atom stereocenters. The van der Waals surface area contributed by atoms with Crippen LogP contribution in [-0.4, -0.2) is 69.4 Å². The maximum Gasteiger partial charge on any atom is 0.271 e. The predicted molar refractivity (Wildman–Crippen MR) is 114 cm³/mol. The van der Waals surface area contributed by atoms with Gasteiger partial charge in [0.1, 0.15) is 16.9 Å². The Kier molecular flexibility index (Phi) is 5.23. The van der Waals surface area contributed by atoms with Gasteiger partial charge >= 0.3 is 0 Å². The van der Waals surface area contributed by atoms with Gasteiger partial charge in [0.15, 0.2) is 0 Å². The van der Waals surface area contributed by atoms with Crippen molar-refractivity contribution in [2.75, 3.05) is 32.8 Å². The van der Waals surface area contributed by atoms with E-state index in [1.165, 1.54) is 11.1 Å². The molecule has 3 N–H and O–H groups in total. The summed E-state index contributed by atoms with van der Waals surface area (Å²) in [5, 5.41) is 23.6. The van der Waals surface area contributed by atoms with Gasteiger partial charge in [0.2, 0.25) is 0 Å². The van der Waals surface area contributed by atoms with E-state index in [1.807, 2.05) is 6.07 Å². The van der Waals surface area contributed by atoms with Crippen molar-refractivity contribution in [3.8, 4) is 0 Å². The molecular formula is C23H26N4O4. The molecule has 2 aliphatic heterocycles. The number of ether oxygens (including phenoxy) is 1. The lowest BCUT2D eigenvalue weighted by atomic mass is 9.94. The number of fused-ring (bicyclic) bond motifs is 2. The third-order valence-electron chi connectivity index (χ3n) is 6.08. The molecule has 1 unspecified atom stereocenters. The number of aliphatic hydroxyl groups excluding tert-OH is 1. The van der Waals surface area contributed by atoms with Crippen LogP contribution in [0.25, 0.3) is 5.65 Å². The highest BCUT2D eigenvalue weighted by Gasteiger charge is 2.38. The minimum Gasteiger partial charge on any atom is -0.390 e. The standard InChI is InChI=1S/C23H26N4O4/c28-19(12-26-8-7-16-3-1-2-4-17(16)10-26)9-24-22(29)20-13-27-11-18(5-6-21(27)25-20)23(30)14-31-15-23/h1-6,11,13,19,28,30H,7-10,12,14-15H2,(H,24,29). The molecule has 0 saturated carbocycles. The van der Waals surface area contributed by atoms with Gasteiger partial charge < -0.3 is 24.7 Å². The maximum atomic E-state index is 12.5. The average Bonchev–Trinajstić information content (AvgIpc) is 3.19. The number of β-amino-alcohol motifs (C(OH)–C–C–N with tert-alkyl or cyclic N) is 1. The van der Waals surface area contributed by atoms with E-state index >= 15 is 0 Å². The molecule has 31 heavy (non-hydrogen) atoms. The first kappa shape index (κ1) is 20.1. The van der Waals surface area contributed by atoms with Crippen LogP contribution in [0.3, 0.4) is 0 Å². The summed E-state index contributed by atoms with van der Waals surface area (Å²) in [6.07, 6.45) is 3.71. The van der Waals surface area contributed by atoms with Crippen molar-refractivity contribution in [3.63, 3.8) is 0 Å². The van der Waals surface area contributed by atoms with Crippen LogP contribution >= 0.6 is 0 Å². The maximum absolute atomic E-state index is 12.5. The lowest BCUT2D eigenvalue weighted by molar-refractivity contribution is -0.184. The molecule has 162 valence electrons. The predicted octanol–water partition coefficient (Wildman–Crippen LogP) is 0.701. The van der Waals surface area contributed by atoms with Gasteiger partial charge in [0.25, 0.3) is 5.91 Å². The molecule has 0 aliphatic carbocycles. The largest absolute Gasteiger partial charge is 0.390 e. The van der Waals surface area contributed by atoms with Crippen molar-refractivity contribution >= 4 is 11.6 Å². The van der Waals surface area contributed by atoms with Crippen molar-refractivity contribution in [3.05, 3.63) is 71.2 Å². The Labute approximate surface area is 180 Å². The van der Waals surface area contributed by atoms with Gasteiger partial charge in [-0.2, -0.15) is 0 Å². The van der Waals surface area contributed by atoms with Gasteiger partial charge in [-0.25, -0.2) is 4.98 Å². The van der Waals surface area contributed by atoms with Crippen LogP contribution in [0, 0.1) is 0 Å². The Bertz CT molecular complexity index is 1110. The lowest BCUT2D eigenvalue weighted by Gasteiger charge is -2.36. The molecule has 3 aromatic rings. The van der Waals surface area contributed by atoms with Crippen molar-refractivity contribution in [1.82, 2.24) is 19.6 Å². The van der Waals surface area contributed by atoms with E-state index in [-0.39, 0.29) is 31.4 Å². The summed E-state index contributed by atoms with van der Waals surface area (Å²) >= 11 is 0. The zero-order chi connectivity index (χ0) is 21.4. The van der Waals surface area contributed by atoms with E-state index < -0.39 is 11.7 Å². The fourth-order valence-electron chi connectivity index (χ4n) is 4.21. The first-order valence-corrected chi connectivity index (χ1v) is 10.5. The van der Waals surface area contributed by atoms with E-state index in [4.69, 9.17) is 4.74 Å². The minimum atomic E-state index is -0.972. The van der Waals surface area contributed by atoms with Crippen LogP contribution < -0.4 is 5.32 Å². The van der Waals surface area contributed by atoms with Gasteiger partial charge in [-0.05, 0) is 23.6 Å². The first-order valence-electron chi connectivity index (χ1n) is 10.5. The zero-order valence-corrected chi connectivity index (χ0v) is 17.2. The number of benzene rings is 1. The molecule has 0 spiro atoms. The molecule has 0 radical (unpaired) electrons. The van der Waals surface area contributed by atoms with Crippen molar-refractivity contribution < 1.29 is 19.7 Å². The van der Waals surface area contributed by atoms with Gasteiger partial charge in [-0.15, -0.1) is 0 Å². The number of nitrogens with zero attached hydrogens (tertiary/aromatic N) is 3. The van der Waals surface area contributed by atoms with Gasteiger partial charge in [0, 0.05) is 44.1 Å². The van der Waals surface area contributed by atoms with Gasteiger partial charge in [-0.3, -0.25) is 9.69 Å². The number of amides is 1. The number of aliphatic hydroxyl groups is 2. The molecule has 2 aliphatic rings. The van der Waals surface area contributed by atoms with E-state index in [9.17, 15) is 15.0 Å².